The number of benzene rings is 2. The van der Waals surface area contributed by atoms with Crippen molar-refractivity contribution < 1.29 is 13.9 Å². The van der Waals surface area contributed by atoms with Crippen molar-refractivity contribution in [3.05, 3.63) is 89.4 Å². The summed E-state index contributed by atoms with van der Waals surface area (Å²) in [7, 11) is 0. The first-order valence-electron chi connectivity index (χ1n) is 10.5. The number of ether oxygens (including phenoxy) is 1. The van der Waals surface area contributed by atoms with Gasteiger partial charge >= 0.3 is 0 Å². The fraction of sp³-hybridized carbons (Fsp3) is 0.280. The second kappa shape index (κ2) is 9.96. The topological polar surface area (TPSA) is 78.5 Å². The van der Waals surface area contributed by atoms with Crippen molar-refractivity contribution in [2.45, 2.75) is 32.0 Å². The number of rotatable bonds is 10. The van der Waals surface area contributed by atoms with Crippen molar-refractivity contribution in [2.75, 3.05) is 13.2 Å². The number of hydrogen-bond donors (Lipinski definition) is 1. The number of furan rings is 1. The Morgan fingerprint density at radius 3 is 2.52 bits per heavy atom. The average Bonchev–Trinajstić information content (AvgIpc) is 3.46. The van der Waals surface area contributed by atoms with Crippen molar-refractivity contribution in [2.24, 2.45) is 0 Å². The molecule has 6 heteroatoms. The molecule has 0 unspecified atom stereocenters. The van der Waals surface area contributed by atoms with Crippen molar-refractivity contribution in [3.8, 4) is 11.8 Å². The lowest BCUT2D eigenvalue weighted by atomic mass is 10.1. The summed E-state index contributed by atoms with van der Waals surface area (Å²) in [6.45, 7) is 2.58. The number of carbonyl (C=O) groups excluding carboxylic acids is 1. The SMILES string of the molecule is N#Cc1ccc(OCCN(Cc2ccc(C(=O)NC3CC3)cc2)Cc2ccco2)cc1. The summed E-state index contributed by atoms with van der Waals surface area (Å²) in [5.41, 5.74) is 2.42. The van der Waals surface area contributed by atoms with Crippen molar-refractivity contribution >= 4 is 5.91 Å². The Kier molecular flexibility index (Phi) is 6.65. The average molecular weight is 415 g/mol. The van der Waals surface area contributed by atoms with E-state index in [-0.39, 0.29) is 5.91 Å². The maximum Gasteiger partial charge on any atom is 0.251 e. The van der Waals surface area contributed by atoms with Gasteiger partial charge in [-0.1, -0.05) is 12.1 Å². The van der Waals surface area contributed by atoms with Crippen LogP contribution >= 0.6 is 0 Å². The van der Waals surface area contributed by atoms with Crippen LogP contribution in [0.1, 0.15) is 40.1 Å². The molecule has 6 nitrogen and oxygen atoms in total. The van der Waals surface area contributed by atoms with E-state index in [0.29, 0.717) is 43.4 Å². The predicted octanol–water partition coefficient (Wildman–Crippen LogP) is 4.12. The molecule has 4 rings (SSSR count). The van der Waals surface area contributed by atoms with E-state index in [1.165, 1.54) is 0 Å². The molecule has 1 fully saturated rings. The monoisotopic (exact) mass is 415 g/mol. The van der Waals surface area contributed by atoms with Crippen LogP contribution in [0.4, 0.5) is 0 Å². The fourth-order valence-corrected chi connectivity index (χ4v) is 3.27. The molecule has 2 aromatic carbocycles. The van der Waals surface area contributed by atoms with Gasteiger partial charge in [0.25, 0.3) is 5.91 Å². The zero-order chi connectivity index (χ0) is 21.5. The second-order valence-electron chi connectivity index (χ2n) is 7.72. The van der Waals surface area contributed by atoms with Gasteiger partial charge in [-0.05, 0) is 66.9 Å². The summed E-state index contributed by atoms with van der Waals surface area (Å²) >= 11 is 0. The lowest BCUT2D eigenvalue weighted by Gasteiger charge is -2.21. The van der Waals surface area contributed by atoms with E-state index in [4.69, 9.17) is 14.4 Å². The number of nitrogens with one attached hydrogen (secondary N) is 1. The van der Waals surface area contributed by atoms with Crippen LogP contribution in [-0.2, 0) is 13.1 Å². The highest BCUT2D eigenvalue weighted by molar-refractivity contribution is 5.94. The lowest BCUT2D eigenvalue weighted by Crippen LogP contribution is -2.28. The molecule has 1 N–H and O–H groups in total. The van der Waals surface area contributed by atoms with E-state index < -0.39 is 0 Å². The van der Waals surface area contributed by atoms with Gasteiger partial charge in [-0.25, -0.2) is 0 Å². The van der Waals surface area contributed by atoms with E-state index in [0.717, 1.165) is 29.9 Å². The van der Waals surface area contributed by atoms with Crippen molar-refractivity contribution in [1.82, 2.24) is 10.2 Å². The smallest absolute Gasteiger partial charge is 0.251 e. The molecule has 1 aromatic heterocycles. The molecule has 3 aromatic rings. The largest absolute Gasteiger partial charge is 0.492 e. The zero-order valence-corrected chi connectivity index (χ0v) is 17.3. The molecule has 31 heavy (non-hydrogen) atoms. The van der Waals surface area contributed by atoms with E-state index >= 15 is 0 Å². The lowest BCUT2D eigenvalue weighted by molar-refractivity contribution is 0.0951. The van der Waals surface area contributed by atoms with E-state index in [2.05, 4.69) is 16.3 Å². The molecule has 0 spiro atoms. The van der Waals surface area contributed by atoms with Crippen LogP contribution in [0, 0.1) is 11.3 Å². The summed E-state index contributed by atoms with van der Waals surface area (Å²) in [6.07, 6.45) is 3.83. The molecule has 158 valence electrons. The van der Waals surface area contributed by atoms with Gasteiger partial charge in [0.05, 0.1) is 24.4 Å². The Balaban J connectivity index is 1.35. The summed E-state index contributed by atoms with van der Waals surface area (Å²) in [4.78, 5) is 14.4. The second-order valence-corrected chi connectivity index (χ2v) is 7.72. The summed E-state index contributed by atoms with van der Waals surface area (Å²) in [6, 6.07) is 21.2. The van der Waals surface area contributed by atoms with Gasteiger partial charge in [0.2, 0.25) is 0 Å². The molecule has 0 atom stereocenters. The summed E-state index contributed by atoms with van der Waals surface area (Å²) in [5.74, 6) is 1.62. The van der Waals surface area contributed by atoms with Crippen LogP contribution in [0.5, 0.6) is 5.75 Å². The molecule has 1 heterocycles. The van der Waals surface area contributed by atoms with Gasteiger partial charge in [-0.3, -0.25) is 9.69 Å². The summed E-state index contributed by atoms with van der Waals surface area (Å²) in [5, 5.41) is 11.9. The third-order valence-corrected chi connectivity index (χ3v) is 5.15. The summed E-state index contributed by atoms with van der Waals surface area (Å²) < 4.78 is 11.4. The van der Waals surface area contributed by atoms with Gasteiger partial charge in [0.15, 0.2) is 0 Å². The normalized spacial score (nSPS) is 13.0. The van der Waals surface area contributed by atoms with Crippen LogP contribution in [0.15, 0.2) is 71.3 Å². The highest BCUT2D eigenvalue weighted by Gasteiger charge is 2.23. The number of amides is 1. The van der Waals surface area contributed by atoms with Crippen molar-refractivity contribution in [1.29, 1.82) is 5.26 Å². The first-order valence-corrected chi connectivity index (χ1v) is 10.5. The molecule has 0 radical (unpaired) electrons. The van der Waals surface area contributed by atoms with Gasteiger partial charge in [-0.2, -0.15) is 5.26 Å². The predicted molar refractivity (Wildman–Crippen MR) is 116 cm³/mol. The zero-order valence-electron chi connectivity index (χ0n) is 17.3. The van der Waals surface area contributed by atoms with E-state index in [9.17, 15) is 4.79 Å². The van der Waals surface area contributed by atoms with E-state index in [1.807, 2.05) is 36.4 Å². The van der Waals surface area contributed by atoms with Crippen molar-refractivity contribution in [3.63, 3.8) is 0 Å². The number of nitriles is 1. The molecule has 1 amide bonds. The third-order valence-electron chi connectivity index (χ3n) is 5.15. The highest BCUT2D eigenvalue weighted by atomic mass is 16.5. The quantitative estimate of drug-likeness (QED) is 0.539. The Morgan fingerprint density at radius 1 is 1.10 bits per heavy atom. The minimum absolute atomic E-state index is 0.00249. The van der Waals surface area contributed by atoms with Crippen LogP contribution in [0.25, 0.3) is 0 Å². The third kappa shape index (κ3) is 6.21. The molecule has 1 saturated carbocycles. The Labute approximate surface area is 182 Å². The number of hydrogen-bond acceptors (Lipinski definition) is 5. The fourth-order valence-electron chi connectivity index (χ4n) is 3.27. The molecular weight excluding hydrogens is 390 g/mol. The van der Waals surface area contributed by atoms with E-state index in [1.54, 1.807) is 30.5 Å². The Bertz CT molecular complexity index is 1020. The van der Waals surface area contributed by atoms with Gasteiger partial charge in [0.1, 0.15) is 18.1 Å². The molecular formula is C25H25N3O3. The van der Waals surface area contributed by atoms with Gasteiger partial charge in [-0.15, -0.1) is 0 Å². The van der Waals surface area contributed by atoms with Crippen LogP contribution in [0.3, 0.4) is 0 Å². The number of carbonyl (C=O) groups is 1. The molecule has 0 aliphatic heterocycles. The van der Waals surface area contributed by atoms with Gasteiger partial charge < -0.3 is 14.5 Å². The van der Waals surface area contributed by atoms with Crippen LogP contribution in [-0.4, -0.2) is 30.0 Å². The van der Waals surface area contributed by atoms with Gasteiger partial charge in [0, 0.05) is 24.7 Å². The molecule has 0 saturated heterocycles. The Hall–Kier alpha value is -3.56. The minimum Gasteiger partial charge on any atom is -0.492 e. The standard InChI is InChI=1S/C25H25N3O3/c26-16-19-5-11-23(12-6-19)31-15-13-28(18-24-2-1-14-30-24)17-20-3-7-21(8-4-20)25(29)27-22-9-10-22/h1-8,11-12,14,22H,9-10,13,15,17-18H2,(H,27,29). The van der Waals surface area contributed by atoms with Crippen LogP contribution < -0.4 is 10.1 Å². The minimum atomic E-state index is -0.00249. The Morgan fingerprint density at radius 2 is 1.87 bits per heavy atom. The molecule has 1 aliphatic rings. The number of nitrogens with zero attached hydrogens (tertiary/aromatic N) is 2. The first kappa shape index (κ1) is 20.7. The maximum atomic E-state index is 12.2. The molecule has 0 bridgehead atoms. The van der Waals surface area contributed by atoms with Crippen LogP contribution in [0.2, 0.25) is 0 Å². The highest BCUT2D eigenvalue weighted by Crippen LogP contribution is 2.20. The molecule has 1 aliphatic carbocycles. The first-order chi connectivity index (χ1) is 15.2. The maximum absolute atomic E-state index is 12.2.